The molecular weight excluding hydrogens is 363 g/mol. The standard InChI is InChI=1S/C15H11BrCl2O2/c1-8-4-3-5-9(14(8)16)15(19)10-6-12(18)13(20-2)7-11(10)17/h3-7H,1-2H3. The molecule has 2 aromatic carbocycles. The molecule has 2 rings (SSSR count). The summed E-state index contributed by atoms with van der Waals surface area (Å²) in [6, 6.07) is 8.56. The number of benzene rings is 2. The molecule has 104 valence electrons. The zero-order chi connectivity index (χ0) is 14.9. The van der Waals surface area contributed by atoms with E-state index in [1.807, 2.05) is 19.1 Å². The van der Waals surface area contributed by atoms with Gasteiger partial charge in [-0.15, -0.1) is 0 Å². The Morgan fingerprint density at radius 1 is 1.15 bits per heavy atom. The summed E-state index contributed by atoms with van der Waals surface area (Å²) < 4.78 is 5.83. The first-order chi connectivity index (χ1) is 9.45. The molecule has 20 heavy (non-hydrogen) atoms. The van der Waals surface area contributed by atoms with Crippen molar-refractivity contribution in [2.24, 2.45) is 0 Å². The Hall–Kier alpha value is -1.03. The van der Waals surface area contributed by atoms with E-state index in [2.05, 4.69) is 15.9 Å². The van der Waals surface area contributed by atoms with E-state index in [0.29, 0.717) is 26.9 Å². The van der Waals surface area contributed by atoms with Crippen LogP contribution in [0, 0.1) is 6.92 Å². The number of carbonyl (C=O) groups excluding carboxylic acids is 1. The molecule has 0 saturated carbocycles. The molecule has 0 unspecified atom stereocenters. The van der Waals surface area contributed by atoms with Crippen molar-refractivity contribution in [3.8, 4) is 5.75 Å². The molecule has 0 N–H and O–H groups in total. The van der Waals surface area contributed by atoms with Crippen LogP contribution < -0.4 is 4.74 Å². The third-order valence-corrected chi connectivity index (χ3v) is 4.58. The summed E-state index contributed by atoms with van der Waals surface area (Å²) in [5, 5.41) is 0.661. The lowest BCUT2D eigenvalue weighted by molar-refractivity contribution is 0.103. The lowest BCUT2D eigenvalue weighted by atomic mass is 10.0. The van der Waals surface area contributed by atoms with Crippen molar-refractivity contribution in [2.45, 2.75) is 6.92 Å². The van der Waals surface area contributed by atoms with Gasteiger partial charge < -0.3 is 4.74 Å². The molecule has 0 atom stereocenters. The Bertz CT molecular complexity index is 684. The number of carbonyl (C=O) groups is 1. The summed E-state index contributed by atoms with van der Waals surface area (Å²) in [5.41, 5.74) is 1.88. The van der Waals surface area contributed by atoms with Crippen molar-refractivity contribution >= 4 is 44.9 Å². The molecular formula is C15H11BrCl2O2. The van der Waals surface area contributed by atoms with Gasteiger partial charge in [0.05, 0.1) is 17.2 Å². The van der Waals surface area contributed by atoms with E-state index in [9.17, 15) is 4.79 Å². The Kier molecular flexibility index (Phi) is 4.74. The van der Waals surface area contributed by atoms with Gasteiger partial charge in [-0.1, -0.05) is 35.3 Å². The zero-order valence-electron chi connectivity index (χ0n) is 10.8. The Morgan fingerprint density at radius 3 is 2.50 bits per heavy atom. The average Bonchev–Trinajstić information content (AvgIpc) is 2.43. The molecule has 5 heteroatoms. The van der Waals surface area contributed by atoms with Crippen LogP contribution >= 0.6 is 39.1 Å². The van der Waals surface area contributed by atoms with Gasteiger partial charge in [-0.05, 0) is 40.5 Å². The number of hydrogen-bond acceptors (Lipinski definition) is 2. The quantitative estimate of drug-likeness (QED) is 0.682. The lowest BCUT2D eigenvalue weighted by Gasteiger charge is -2.10. The van der Waals surface area contributed by atoms with Crippen LogP contribution in [0.4, 0.5) is 0 Å². The maximum Gasteiger partial charge on any atom is 0.195 e. The smallest absolute Gasteiger partial charge is 0.195 e. The maximum absolute atomic E-state index is 12.6. The number of ether oxygens (including phenoxy) is 1. The second-order valence-electron chi connectivity index (χ2n) is 4.23. The lowest BCUT2D eigenvalue weighted by Crippen LogP contribution is -2.04. The van der Waals surface area contributed by atoms with E-state index >= 15 is 0 Å². The van der Waals surface area contributed by atoms with Crippen molar-refractivity contribution in [1.82, 2.24) is 0 Å². The second kappa shape index (κ2) is 6.17. The Morgan fingerprint density at radius 2 is 1.85 bits per heavy atom. The summed E-state index contributed by atoms with van der Waals surface area (Å²) in [6.07, 6.45) is 0. The molecule has 0 amide bonds. The molecule has 0 aliphatic carbocycles. The number of rotatable bonds is 3. The minimum Gasteiger partial charge on any atom is -0.495 e. The maximum atomic E-state index is 12.6. The topological polar surface area (TPSA) is 26.3 Å². The third-order valence-electron chi connectivity index (χ3n) is 2.92. The van der Waals surface area contributed by atoms with Gasteiger partial charge in [0.25, 0.3) is 0 Å². The number of ketones is 1. The molecule has 0 fully saturated rings. The first-order valence-corrected chi connectivity index (χ1v) is 7.33. The zero-order valence-corrected chi connectivity index (χ0v) is 13.9. The molecule has 0 aliphatic rings. The van der Waals surface area contributed by atoms with Crippen LogP contribution in [-0.2, 0) is 0 Å². The molecule has 0 saturated heterocycles. The van der Waals surface area contributed by atoms with Crippen molar-refractivity contribution in [3.63, 3.8) is 0 Å². The molecule has 0 heterocycles. The Labute approximate surface area is 135 Å². The highest BCUT2D eigenvalue weighted by Gasteiger charge is 2.18. The number of aryl methyl sites for hydroxylation is 1. The molecule has 0 radical (unpaired) electrons. The van der Waals surface area contributed by atoms with E-state index in [0.717, 1.165) is 10.0 Å². The molecule has 0 spiro atoms. The number of halogens is 3. The van der Waals surface area contributed by atoms with Crippen molar-refractivity contribution in [3.05, 3.63) is 61.5 Å². The van der Waals surface area contributed by atoms with E-state index in [1.54, 1.807) is 12.1 Å². The van der Waals surface area contributed by atoms with Gasteiger partial charge in [-0.2, -0.15) is 0 Å². The van der Waals surface area contributed by atoms with Crippen molar-refractivity contribution in [2.75, 3.05) is 7.11 Å². The monoisotopic (exact) mass is 372 g/mol. The van der Waals surface area contributed by atoms with E-state index in [4.69, 9.17) is 27.9 Å². The highest BCUT2D eigenvalue weighted by atomic mass is 79.9. The van der Waals surface area contributed by atoms with Gasteiger partial charge in [0.1, 0.15) is 5.75 Å². The number of methoxy groups -OCH3 is 1. The van der Waals surface area contributed by atoms with Crippen molar-refractivity contribution < 1.29 is 9.53 Å². The van der Waals surface area contributed by atoms with Gasteiger partial charge in [-0.3, -0.25) is 4.79 Å². The normalized spacial score (nSPS) is 10.4. The summed E-state index contributed by atoms with van der Waals surface area (Å²) in [4.78, 5) is 12.6. The minimum absolute atomic E-state index is 0.185. The predicted octanol–water partition coefficient (Wildman–Crippen LogP) is 5.30. The summed E-state index contributed by atoms with van der Waals surface area (Å²) in [7, 11) is 1.50. The van der Waals surface area contributed by atoms with Crippen LogP contribution in [-0.4, -0.2) is 12.9 Å². The van der Waals surface area contributed by atoms with Gasteiger partial charge in [0.2, 0.25) is 0 Å². The van der Waals surface area contributed by atoms with Crippen LogP contribution in [0.2, 0.25) is 10.0 Å². The third kappa shape index (κ3) is 2.85. The van der Waals surface area contributed by atoms with Crippen LogP contribution in [0.15, 0.2) is 34.8 Å². The van der Waals surface area contributed by atoms with E-state index < -0.39 is 0 Å². The molecule has 2 aromatic rings. The first kappa shape index (κ1) is 15.4. The Balaban J connectivity index is 2.54. The fraction of sp³-hybridized carbons (Fsp3) is 0.133. The van der Waals surface area contributed by atoms with E-state index in [1.165, 1.54) is 13.2 Å². The predicted molar refractivity (Wildman–Crippen MR) is 85.3 cm³/mol. The summed E-state index contributed by atoms with van der Waals surface area (Å²) in [5.74, 6) is 0.256. The fourth-order valence-corrected chi connectivity index (χ4v) is 2.75. The summed E-state index contributed by atoms with van der Waals surface area (Å²) >= 11 is 15.6. The molecule has 2 nitrogen and oxygen atoms in total. The molecule has 0 bridgehead atoms. The largest absolute Gasteiger partial charge is 0.495 e. The second-order valence-corrected chi connectivity index (χ2v) is 5.84. The van der Waals surface area contributed by atoms with Gasteiger partial charge >= 0.3 is 0 Å². The summed E-state index contributed by atoms with van der Waals surface area (Å²) in [6.45, 7) is 1.92. The van der Waals surface area contributed by atoms with Gasteiger partial charge in [0.15, 0.2) is 5.78 Å². The van der Waals surface area contributed by atoms with Gasteiger partial charge in [-0.25, -0.2) is 0 Å². The van der Waals surface area contributed by atoms with Crippen LogP contribution in [0.25, 0.3) is 0 Å². The highest BCUT2D eigenvalue weighted by Crippen LogP contribution is 2.33. The van der Waals surface area contributed by atoms with Crippen LogP contribution in [0.3, 0.4) is 0 Å². The van der Waals surface area contributed by atoms with Crippen LogP contribution in [0.1, 0.15) is 21.5 Å². The van der Waals surface area contributed by atoms with E-state index in [-0.39, 0.29) is 5.78 Å². The van der Waals surface area contributed by atoms with Gasteiger partial charge in [0, 0.05) is 21.7 Å². The van der Waals surface area contributed by atoms with Crippen LogP contribution in [0.5, 0.6) is 5.75 Å². The average molecular weight is 374 g/mol. The fourth-order valence-electron chi connectivity index (χ4n) is 1.83. The molecule has 0 aliphatic heterocycles. The van der Waals surface area contributed by atoms with Crippen molar-refractivity contribution in [1.29, 1.82) is 0 Å². The minimum atomic E-state index is -0.185. The SMILES string of the molecule is COc1cc(Cl)c(C(=O)c2cccc(C)c2Br)cc1Cl. The number of hydrogen-bond donors (Lipinski definition) is 0. The first-order valence-electron chi connectivity index (χ1n) is 5.78. The highest BCUT2D eigenvalue weighted by molar-refractivity contribution is 9.10. The molecule has 0 aromatic heterocycles.